The molecule has 0 aromatic heterocycles. The fourth-order valence-corrected chi connectivity index (χ4v) is 6.83. The van der Waals surface area contributed by atoms with Crippen molar-refractivity contribution in [2.24, 2.45) is 0 Å². The molecule has 2 aliphatic heterocycles. The Bertz CT molecular complexity index is 1590. The number of hydrogen-bond donors (Lipinski definition) is 4. The van der Waals surface area contributed by atoms with Gasteiger partial charge in [-0.1, -0.05) is 0 Å². The summed E-state index contributed by atoms with van der Waals surface area (Å²) < 4.78 is 49.8. The van der Waals surface area contributed by atoms with Gasteiger partial charge in [-0.05, 0) is 25.7 Å². The highest BCUT2D eigenvalue weighted by Crippen LogP contribution is 2.31. The largest absolute Gasteiger partial charge is 0.480 e. The van der Waals surface area contributed by atoms with Crippen LogP contribution in [0.1, 0.15) is 87.5 Å². The van der Waals surface area contributed by atoms with Crippen molar-refractivity contribution in [1.82, 2.24) is 16.0 Å². The van der Waals surface area contributed by atoms with E-state index >= 15 is 0 Å². The minimum atomic E-state index is -1.45. The monoisotopic (exact) mass is 875 g/mol. The highest BCUT2D eigenvalue weighted by atomic mass is 16.6. The second kappa shape index (κ2) is 25.4. The molecule has 2 fully saturated rings. The molecule has 344 valence electrons. The van der Waals surface area contributed by atoms with Gasteiger partial charge in [0.05, 0.1) is 24.3 Å². The van der Waals surface area contributed by atoms with E-state index in [4.69, 9.17) is 42.6 Å². The topological polar surface area (TPSA) is 310 Å². The number of carboxylic acids is 1. The first-order valence-corrected chi connectivity index (χ1v) is 19.5. The number of esters is 6. The lowest BCUT2D eigenvalue weighted by molar-refractivity contribution is -0.225. The van der Waals surface area contributed by atoms with Crippen molar-refractivity contribution in [3.63, 3.8) is 0 Å². The lowest BCUT2D eigenvalue weighted by Crippen LogP contribution is -2.66. The maximum Gasteiger partial charge on any atom is 0.326 e. The van der Waals surface area contributed by atoms with Gasteiger partial charge < -0.3 is 63.7 Å². The van der Waals surface area contributed by atoms with E-state index in [0.29, 0.717) is 0 Å². The first-order chi connectivity index (χ1) is 28.6. The van der Waals surface area contributed by atoms with Crippen LogP contribution in [0, 0.1) is 0 Å². The van der Waals surface area contributed by atoms with E-state index in [0.717, 1.165) is 41.5 Å². The Morgan fingerprint density at radius 2 is 0.951 bits per heavy atom. The van der Waals surface area contributed by atoms with Crippen LogP contribution in [-0.4, -0.2) is 158 Å². The maximum absolute atomic E-state index is 12.9. The van der Waals surface area contributed by atoms with Gasteiger partial charge >= 0.3 is 41.8 Å². The van der Waals surface area contributed by atoms with Crippen LogP contribution in [0.25, 0.3) is 0 Å². The minimum absolute atomic E-state index is 0.00656. The fraction of sp³-hybridized carbons (Fsp3) is 0.737. The number of amides is 3. The molecule has 1 unspecified atom stereocenters. The van der Waals surface area contributed by atoms with E-state index in [9.17, 15) is 53.1 Å². The summed E-state index contributed by atoms with van der Waals surface area (Å²) in [6.45, 7) is 8.33. The zero-order valence-corrected chi connectivity index (χ0v) is 35.4. The number of carboxylic acid groups (broad SMARTS) is 1. The smallest absolute Gasteiger partial charge is 0.326 e. The molecule has 2 rings (SSSR count). The van der Waals surface area contributed by atoms with Crippen LogP contribution in [0.2, 0.25) is 0 Å². The van der Waals surface area contributed by atoms with E-state index in [1.54, 1.807) is 0 Å². The summed E-state index contributed by atoms with van der Waals surface area (Å²) in [7, 11) is 0. The third-order valence-electron chi connectivity index (χ3n) is 9.05. The molecule has 2 aliphatic rings. The van der Waals surface area contributed by atoms with E-state index in [1.807, 2.05) is 0 Å². The predicted molar refractivity (Wildman–Crippen MR) is 201 cm³/mol. The van der Waals surface area contributed by atoms with E-state index in [-0.39, 0.29) is 51.9 Å². The Morgan fingerprint density at radius 1 is 0.541 bits per heavy atom. The Kier molecular flexibility index (Phi) is 21.5. The first kappa shape index (κ1) is 51.7. The number of carbonyl (C=O) groups excluding carboxylic acids is 9. The Balaban J connectivity index is 2.09. The molecule has 61 heavy (non-hydrogen) atoms. The fourth-order valence-electron chi connectivity index (χ4n) is 6.83. The number of hydrogen-bond acceptors (Lipinski definition) is 19. The molecule has 0 aliphatic carbocycles. The third kappa shape index (κ3) is 18.4. The Hall–Kier alpha value is -5.42. The van der Waals surface area contributed by atoms with Crippen molar-refractivity contribution in [2.45, 2.75) is 154 Å². The highest BCUT2D eigenvalue weighted by Gasteiger charge is 2.52. The number of aliphatic carboxylic acids is 1. The molecular weight excluding hydrogens is 818 g/mol. The molecule has 0 aromatic rings. The van der Waals surface area contributed by atoms with E-state index < -0.39 is 133 Å². The van der Waals surface area contributed by atoms with Crippen LogP contribution >= 0.6 is 0 Å². The summed E-state index contributed by atoms with van der Waals surface area (Å²) in [5.41, 5.74) is 0. The van der Waals surface area contributed by atoms with Crippen molar-refractivity contribution >= 4 is 59.5 Å². The van der Waals surface area contributed by atoms with Crippen molar-refractivity contribution in [2.75, 3.05) is 26.4 Å². The predicted octanol–water partition coefficient (Wildman–Crippen LogP) is -1.08. The van der Waals surface area contributed by atoms with Crippen LogP contribution in [-0.2, 0) is 90.6 Å². The van der Waals surface area contributed by atoms with Gasteiger partial charge in [-0.25, -0.2) is 4.79 Å². The van der Waals surface area contributed by atoms with Crippen molar-refractivity contribution in [1.29, 1.82) is 0 Å². The molecule has 23 nitrogen and oxygen atoms in total. The summed E-state index contributed by atoms with van der Waals surface area (Å²) in [5.74, 6) is -7.55. The lowest BCUT2D eigenvalue weighted by atomic mass is 9.89. The lowest BCUT2D eigenvalue weighted by Gasteiger charge is -2.45. The number of ether oxygens (including phenoxy) is 9. The van der Waals surface area contributed by atoms with Gasteiger partial charge in [0, 0.05) is 75.0 Å². The molecule has 2 saturated heterocycles. The van der Waals surface area contributed by atoms with E-state index in [2.05, 4.69) is 16.0 Å². The number of carbonyl (C=O) groups is 10. The normalized spacial score (nSPS) is 26.2. The van der Waals surface area contributed by atoms with E-state index in [1.165, 1.54) is 13.8 Å². The van der Waals surface area contributed by atoms with Crippen LogP contribution in [0.15, 0.2) is 0 Å². The summed E-state index contributed by atoms with van der Waals surface area (Å²) >= 11 is 0. The average Bonchev–Trinajstić information content (AvgIpc) is 3.12. The zero-order valence-electron chi connectivity index (χ0n) is 35.4. The molecule has 0 spiro atoms. The average molecular weight is 876 g/mol. The number of nitrogens with one attached hydrogen (secondary N) is 3. The molecule has 4 N–H and O–H groups in total. The van der Waals surface area contributed by atoms with Gasteiger partial charge in [0.25, 0.3) is 0 Å². The van der Waals surface area contributed by atoms with Gasteiger partial charge in [-0.15, -0.1) is 0 Å². The van der Waals surface area contributed by atoms with Gasteiger partial charge in [-0.2, -0.15) is 0 Å². The molecule has 0 radical (unpaired) electrons. The molecule has 0 saturated carbocycles. The molecule has 23 heteroatoms. The Morgan fingerprint density at radius 3 is 1.33 bits per heavy atom. The standard InChI is InChI=1S/C38H57N3O20/c1-18(42)39-32-27(60-29(16-54-20(3)44)34(56-22(5)46)36(32)58-24(7)48)12-11-26(38(51)52)41-31(50)10-9-14-53-15-13-28-33(40-19(2)43)37(59-25(8)49)35(57-23(6)47)30(61-28)17-55-21(4)45/h26-30,32-37H,9-17H2,1-8H3,(H,39,42)(H,40,43)(H,41,50)(H,51,52)/t26?,27-,28-,29-,30-,32+,33+,34+,35+,36-,37-/m1/s1. The number of rotatable bonds is 22. The maximum atomic E-state index is 12.9. The summed E-state index contributed by atoms with van der Waals surface area (Å²) in [5, 5.41) is 17.7. The quantitative estimate of drug-likeness (QED) is 0.0571. The van der Waals surface area contributed by atoms with Crippen LogP contribution in [0.4, 0.5) is 0 Å². The second-order valence-corrected chi connectivity index (χ2v) is 14.3. The molecular formula is C38H57N3O20. The molecule has 2 heterocycles. The van der Waals surface area contributed by atoms with Crippen molar-refractivity contribution in [3.8, 4) is 0 Å². The molecule has 11 atom stereocenters. The van der Waals surface area contributed by atoms with Crippen LogP contribution in [0.5, 0.6) is 0 Å². The molecule has 3 amide bonds. The third-order valence-corrected chi connectivity index (χ3v) is 9.05. The first-order valence-electron chi connectivity index (χ1n) is 19.5. The summed E-state index contributed by atoms with van der Waals surface area (Å²) in [6, 6.07) is -3.62. The van der Waals surface area contributed by atoms with Gasteiger partial charge in [0.1, 0.15) is 31.5 Å². The zero-order chi connectivity index (χ0) is 46.0. The molecule has 0 bridgehead atoms. The van der Waals surface area contributed by atoms with Gasteiger partial charge in [0.2, 0.25) is 17.7 Å². The SMILES string of the molecule is CC(=O)N[C@@H]1[C@@H](OC(C)=O)[C@@H](OC(C)=O)[C@@H](COC(C)=O)O[C@@H]1CCOCCCC(=O)NC(CC[C@H]1O[C@H](COC(C)=O)[C@H](OC(C)=O)[C@H](OC(C)=O)[C@H]1NC(C)=O)C(=O)O. The Labute approximate surface area is 351 Å². The highest BCUT2D eigenvalue weighted by molar-refractivity contribution is 5.83. The van der Waals surface area contributed by atoms with Crippen molar-refractivity contribution < 1.29 is 95.7 Å². The van der Waals surface area contributed by atoms with Crippen molar-refractivity contribution in [3.05, 3.63) is 0 Å². The summed E-state index contributed by atoms with van der Waals surface area (Å²) in [4.78, 5) is 121. The second-order valence-electron chi connectivity index (χ2n) is 14.3. The minimum Gasteiger partial charge on any atom is -0.480 e. The molecule has 0 aromatic carbocycles. The summed E-state index contributed by atoms with van der Waals surface area (Å²) in [6.07, 6.45) is -9.74. The van der Waals surface area contributed by atoms with Gasteiger partial charge in [0.15, 0.2) is 24.4 Å². The van der Waals surface area contributed by atoms with Crippen LogP contribution < -0.4 is 16.0 Å². The van der Waals surface area contributed by atoms with Crippen LogP contribution in [0.3, 0.4) is 0 Å². The van der Waals surface area contributed by atoms with Gasteiger partial charge in [-0.3, -0.25) is 43.2 Å².